The summed E-state index contributed by atoms with van der Waals surface area (Å²) < 4.78 is 13.2. The fraction of sp³-hybridized carbons (Fsp3) is 0.538. The molecule has 1 N–H and O–H groups in total. The standard InChI is InChI=1S/C13H20ClFN2/c1-10(2)16-6-7-17(3)9-11-4-5-12(14)13(15)8-11/h4-5,8,10,16H,6-7,9H2,1-3H3. The molecule has 0 aromatic heterocycles. The molecule has 0 fully saturated rings. The van der Waals surface area contributed by atoms with Gasteiger partial charge in [0.25, 0.3) is 0 Å². The van der Waals surface area contributed by atoms with Crippen molar-refractivity contribution in [2.75, 3.05) is 20.1 Å². The summed E-state index contributed by atoms with van der Waals surface area (Å²) in [6, 6.07) is 5.45. The number of halogens is 2. The van der Waals surface area contributed by atoms with Gasteiger partial charge in [0.15, 0.2) is 0 Å². The van der Waals surface area contributed by atoms with Gasteiger partial charge in [-0.2, -0.15) is 0 Å². The van der Waals surface area contributed by atoms with Gasteiger partial charge in [-0.25, -0.2) is 4.39 Å². The largest absolute Gasteiger partial charge is 0.313 e. The van der Waals surface area contributed by atoms with E-state index in [-0.39, 0.29) is 10.8 Å². The van der Waals surface area contributed by atoms with Gasteiger partial charge in [-0.1, -0.05) is 31.5 Å². The second-order valence-corrected chi connectivity index (χ2v) is 5.00. The van der Waals surface area contributed by atoms with E-state index in [4.69, 9.17) is 11.6 Å². The maximum absolute atomic E-state index is 13.2. The summed E-state index contributed by atoms with van der Waals surface area (Å²) in [6.45, 7) is 6.84. The molecule has 1 rings (SSSR count). The highest BCUT2D eigenvalue weighted by Crippen LogP contribution is 2.16. The second kappa shape index (κ2) is 6.94. The average Bonchev–Trinajstić information content (AvgIpc) is 2.23. The van der Waals surface area contributed by atoms with Crippen LogP contribution in [0.1, 0.15) is 19.4 Å². The molecule has 0 heterocycles. The zero-order chi connectivity index (χ0) is 12.8. The predicted molar refractivity (Wildman–Crippen MR) is 70.9 cm³/mol. The van der Waals surface area contributed by atoms with Gasteiger partial charge >= 0.3 is 0 Å². The van der Waals surface area contributed by atoms with E-state index in [0.29, 0.717) is 6.04 Å². The Kier molecular flexibility index (Phi) is 5.89. The van der Waals surface area contributed by atoms with Gasteiger partial charge in [-0.05, 0) is 24.7 Å². The summed E-state index contributed by atoms with van der Waals surface area (Å²) in [5.41, 5.74) is 0.943. The number of rotatable bonds is 6. The van der Waals surface area contributed by atoms with Crippen LogP contribution in [0, 0.1) is 5.82 Å². The highest BCUT2D eigenvalue weighted by atomic mass is 35.5. The molecular formula is C13H20ClFN2. The third-order valence-corrected chi connectivity index (χ3v) is 2.79. The molecule has 0 saturated carbocycles. The Hall–Kier alpha value is -0.640. The van der Waals surface area contributed by atoms with Crippen LogP contribution in [0.2, 0.25) is 5.02 Å². The molecule has 0 unspecified atom stereocenters. The summed E-state index contributed by atoms with van der Waals surface area (Å²) in [4.78, 5) is 2.15. The zero-order valence-corrected chi connectivity index (χ0v) is 11.4. The van der Waals surface area contributed by atoms with E-state index in [0.717, 1.165) is 25.2 Å². The molecule has 1 aromatic carbocycles. The maximum atomic E-state index is 13.2. The van der Waals surface area contributed by atoms with Gasteiger partial charge in [-0.3, -0.25) is 0 Å². The Morgan fingerprint density at radius 3 is 2.71 bits per heavy atom. The van der Waals surface area contributed by atoms with Crippen LogP contribution in [0.4, 0.5) is 4.39 Å². The number of hydrogen-bond acceptors (Lipinski definition) is 2. The summed E-state index contributed by atoms with van der Waals surface area (Å²) in [7, 11) is 2.02. The summed E-state index contributed by atoms with van der Waals surface area (Å²) in [6.07, 6.45) is 0. The molecular weight excluding hydrogens is 239 g/mol. The van der Waals surface area contributed by atoms with Crippen LogP contribution in [0.3, 0.4) is 0 Å². The molecule has 17 heavy (non-hydrogen) atoms. The molecule has 1 aromatic rings. The van der Waals surface area contributed by atoms with Crippen LogP contribution in [0.5, 0.6) is 0 Å². The van der Waals surface area contributed by atoms with E-state index >= 15 is 0 Å². The highest BCUT2D eigenvalue weighted by Gasteiger charge is 2.04. The molecule has 2 nitrogen and oxygen atoms in total. The lowest BCUT2D eigenvalue weighted by Crippen LogP contribution is -2.32. The van der Waals surface area contributed by atoms with Gasteiger partial charge in [0.2, 0.25) is 0 Å². The molecule has 0 saturated heterocycles. The van der Waals surface area contributed by atoms with Crippen LogP contribution in [-0.4, -0.2) is 31.1 Å². The Labute approximate surface area is 108 Å². The van der Waals surface area contributed by atoms with Crippen molar-refractivity contribution in [3.8, 4) is 0 Å². The lowest BCUT2D eigenvalue weighted by Gasteiger charge is -2.18. The van der Waals surface area contributed by atoms with Crippen LogP contribution < -0.4 is 5.32 Å². The van der Waals surface area contributed by atoms with Crippen molar-refractivity contribution in [1.82, 2.24) is 10.2 Å². The molecule has 0 aliphatic heterocycles. The molecule has 0 radical (unpaired) electrons. The van der Waals surface area contributed by atoms with E-state index < -0.39 is 0 Å². The van der Waals surface area contributed by atoms with Crippen LogP contribution >= 0.6 is 11.6 Å². The minimum absolute atomic E-state index is 0.179. The van der Waals surface area contributed by atoms with E-state index in [1.165, 1.54) is 6.07 Å². The Morgan fingerprint density at radius 2 is 2.12 bits per heavy atom. The molecule has 0 amide bonds. The van der Waals surface area contributed by atoms with Crippen molar-refractivity contribution >= 4 is 11.6 Å². The minimum Gasteiger partial charge on any atom is -0.313 e. The van der Waals surface area contributed by atoms with E-state index in [2.05, 4.69) is 24.1 Å². The van der Waals surface area contributed by atoms with Crippen LogP contribution in [0.25, 0.3) is 0 Å². The van der Waals surface area contributed by atoms with Crippen LogP contribution in [0.15, 0.2) is 18.2 Å². The molecule has 0 aliphatic rings. The van der Waals surface area contributed by atoms with E-state index in [1.807, 2.05) is 13.1 Å². The number of nitrogens with zero attached hydrogens (tertiary/aromatic N) is 1. The zero-order valence-electron chi connectivity index (χ0n) is 10.6. The van der Waals surface area contributed by atoms with Gasteiger partial charge in [0.05, 0.1) is 5.02 Å². The Morgan fingerprint density at radius 1 is 1.41 bits per heavy atom. The summed E-state index contributed by atoms with van der Waals surface area (Å²) in [5.74, 6) is -0.349. The highest BCUT2D eigenvalue weighted by molar-refractivity contribution is 6.30. The third kappa shape index (κ3) is 5.48. The van der Waals surface area contributed by atoms with Gasteiger partial charge in [0.1, 0.15) is 5.82 Å². The smallest absolute Gasteiger partial charge is 0.142 e. The lowest BCUT2D eigenvalue weighted by atomic mass is 10.2. The predicted octanol–water partition coefficient (Wildman–Crippen LogP) is 2.91. The van der Waals surface area contributed by atoms with Gasteiger partial charge in [-0.15, -0.1) is 0 Å². The first-order valence-electron chi connectivity index (χ1n) is 5.85. The number of benzene rings is 1. The first-order valence-corrected chi connectivity index (χ1v) is 6.22. The first kappa shape index (κ1) is 14.4. The van der Waals surface area contributed by atoms with E-state index in [9.17, 15) is 4.39 Å². The average molecular weight is 259 g/mol. The van der Waals surface area contributed by atoms with Crippen molar-refractivity contribution in [2.24, 2.45) is 0 Å². The fourth-order valence-corrected chi connectivity index (χ4v) is 1.69. The number of nitrogens with one attached hydrogen (secondary N) is 1. The number of hydrogen-bond donors (Lipinski definition) is 1. The first-order chi connectivity index (χ1) is 7.99. The van der Waals surface area contributed by atoms with Gasteiger partial charge < -0.3 is 10.2 Å². The normalized spacial score (nSPS) is 11.5. The second-order valence-electron chi connectivity index (χ2n) is 4.60. The Bertz CT molecular complexity index is 355. The van der Waals surface area contributed by atoms with Crippen molar-refractivity contribution < 1.29 is 4.39 Å². The lowest BCUT2D eigenvalue weighted by molar-refractivity contribution is 0.319. The minimum atomic E-state index is -0.349. The van der Waals surface area contributed by atoms with E-state index in [1.54, 1.807) is 6.07 Å². The van der Waals surface area contributed by atoms with Crippen molar-refractivity contribution in [3.05, 3.63) is 34.6 Å². The molecule has 0 atom stereocenters. The fourth-order valence-electron chi connectivity index (χ4n) is 1.57. The SMILES string of the molecule is CC(C)NCCN(C)Cc1ccc(Cl)c(F)c1. The van der Waals surface area contributed by atoms with Gasteiger partial charge in [0, 0.05) is 25.7 Å². The quantitative estimate of drug-likeness (QED) is 0.844. The van der Waals surface area contributed by atoms with Crippen molar-refractivity contribution in [3.63, 3.8) is 0 Å². The maximum Gasteiger partial charge on any atom is 0.142 e. The number of likely N-dealkylation sites (N-methyl/N-ethyl adjacent to an activating group) is 1. The van der Waals surface area contributed by atoms with Crippen molar-refractivity contribution in [2.45, 2.75) is 26.4 Å². The molecule has 96 valence electrons. The van der Waals surface area contributed by atoms with Crippen LogP contribution in [-0.2, 0) is 6.54 Å². The topological polar surface area (TPSA) is 15.3 Å². The Balaban J connectivity index is 2.39. The van der Waals surface area contributed by atoms with Crippen molar-refractivity contribution in [1.29, 1.82) is 0 Å². The molecule has 0 bridgehead atoms. The monoisotopic (exact) mass is 258 g/mol. The molecule has 0 spiro atoms. The molecule has 4 heteroatoms. The third-order valence-electron chi connectivity index (χ3n) is 2.48. The molecule has 0 aliphatic carbocycles. The summed E-state index contributed by atoms with van der Waals surface area (Å²) in [5, 5.41) is 3.52. The summed E-state index contributed by atoms with van der Waals surface area (Å²) >= 11 is 5.64.